The van der Waals surface area contributed by atoms with E-state index in [1.54, 1.807) is 4.90 Å². The van der Waals surface area contributed by atoms with Gasteiger partial charge in [0.2, 0.25) is 5.91 Å². The monoisotopic (exact) mass is 287 g/mol. The van der Waals surface area contributed by atoms with Crippen LogP contribution in [0.25, 0.3) is 0 Å². The molecule has 0 unspecified atom stereocenters. The molecule has 100 valence electrons. The van der Waals surface area contributed by atoms with Crippen molar-refractivity contribution in [3.05, 3.63) is 0 Å². The number of nitriles is 1. The van der Waals surface area contributed by atoms with Gasteiger partial charge in [0, 0.05) is 12.3 Å². The number of hydrogen-bond donors (Lipinski definition) is 1. The van der Waals surface area contributed by atoms with E-state index >= 15 is 0 Å². The number of halogens is 1. The van der Waals surface area contributed by atoms with Gasteiger partial charge < -0.3 is 4.90 Å². The molecule has 2 saturated heterocycles. The minimum absolute atomic E-state index is 0. The number of amides is 1. The highest BCUT2D eigenvalue weighted by molar-refractivity contribution is 8.01. The number of carbonyl (C=O) groups is 1. The predicted molar refractivity (Wildman–Crippen MR) is 73.6 cm³/mol. The van der Waals surface area contributed by atoms with Gasteiger partial charge in [0.05, 0.1) is 17.0 Å². The molecule has 3 rings (SSSR count). The van der Waals surface area contributed by atoms with Crippen LogP contribution < -0.4 is 5.32 Å². The third-order valence-electron chi connectivity index (χ3n) is 4.11. The fraction of sp³-hybridized carbons (Fsp3) is 0.833. The Morgan fingerprint density at radius 2 is 2.22 bits per heavy atom. The van der Waals surface area contributed by atoms with E-state index < -0.39 is 0 Å². The highest BCUT2D eigenvalue weighted by Gasteiger charge is 2.47. The highest BCUT2D eigenvalue weighted by atomic mass is 35.5. The lowest BCUT2D eigenvalue weighted by Gasteiger charge is -2.38. The van der Waals surface area contributed by atoms with Gasteiger partial charge in [0.15, 0.2) is 0 Å². The lowest BCUT2D eigenvalue weighted by atomic mass is 9.91. The van der Waals surface area contributed by atoms with E-state index in [0.717, 1.165) is 25.1 Å². The van der Waals surface area contributed by atoms with Crippen LogP contribution in [0.2, 0.25) is 0 Å². The number of carbonyl (C=O) groups excluding carboxylic acids is 1. The standard InChI is InChI=1S/C12H17N3OS.ClH/c13-7-9-3-1-6-15(9)11(16)10-8-17-12(14-10)4-2-5-12;/h9-10,14H,1-6,8H2;1H/t9-,10-;/m0./s1. The van der Waals surface area contributed by atoms with Crippen LogP contribution in [-0.4, -0.2) is 40.1 Å². The van der Waals surface area contributed by atoms with Gasteiger partial charge >= 0.3 is 0 Å². The topological polar surface area (TPSA) is 56.1 Å². The van der Waals surface area contributed by atoms with Crippen LogP contribution in [0.15, 0.2) is 0 Å². The molecule has 0 aromatic rings. The van der Waals surface area contributed by atoms with Gasteiger partial charge in [-0.3, -0.25) is 10.1 Å². The molecule has 1 aliphatic carbocycles. The van der Waals surface area contributed by atoms with Gasteiger partial charge in [0.25, 0.3) is 0 Å². The molecule has 1 amide bonds. The van der Waals surface area contributed by atoms with E-state index in [9.17, 15) is 4.79 Å². The minimum Gasteiger partial charge on any atom is -0.325 e. The number of nitrogens with zero attached hydrogens (tertiary/aromatic N) is 2. The van der Waals surface area contributed by atoms with Crippen LogP contribution in [0.3, 0.4) is 0 Å². The number of likely N-dealkylation sites (tertiary alicyclic amines) is 1. The van der Waals surface area contributed by atoms with E-state index in [4.69, 9.17) is 5.26 Å². The van der Waals surface area contributed by atoms with Crippen molar-refractivity contribution in [1.29, 1.82) is 5.26 Å². The van der Waals surface area contributed by atoms with Gasteiger partial charge in [-0.25, -0.2) is 0 Å². The molecule has 2 aliphatic heterocycles. The molecule has 0 bridgehead atoms. The third-order valence-corrected chi connectivity index (χ3v) is 5.69. The molecule has 3 fully saturated rings. The first-order valence-corrected chi connectivity index (χ1v) is 7.34. The van der Waals surface area contributed by atoms with E-state index in [2.05, 4.69) is 11.4 Å². The Labute approximate surface area is 118 Å². The second-order valence-electron chi connectivity index (χ2n) is 5.17. The Kier molecular flexibility index (Phi) is 4.10. The SMILES string of the molecule is Cl.N#C[C@@H]1CCCN1C(=O)[C@@H]1CSC2(CCC2)N1. The quantitative estimate of drug-likeness (QED) is 0.794. The summed E-state index contributed by atoms with van der Waals surface area (Å²) in [5.74, 6) is 1.01. The smallest absolute Gasteiger partial charge is 0.241 e. The summed E-state index contributed by atoms with van der Waals surface area (Å²) in [6.07, 6.45) is 5.44. The maximum Gasteiger partial charge on any atom is 0.241 e. The molecular weight excluding hydrogens is 270 g/mol. The molecular formula is C12H18ClN3OS. The summed E-state index contributed by atoms with van der Waals surface area (Å²) < 4.78 is 0. The summed E-state index contributed by atoms with van der Waals surface area (Å²) in [4.78, 5) is 14.3. The van der Waals surface area contributed by atoms with Crippen LogP contribution in [-0.2, 0) is 4.79 Å². The summed E-state index contributed by atoms with van der Waals surface area (Å²) in [6, 6.07) is 1.99. The Balaban J connectivity index is 0.00000120. The minimum atomic E-state index is -0.188. The molecule has 2 atom stereocenters. The zero-order valence-corrected chi connectivity index (χ0v) is 11.9. The fourth-order valence-corrected chi connectivity index (χ4v) is 4.44. The molecule has 3 aliphatic rings. The van der Waals surface area contributed by atoms with Crippen molar-refractivity contribution in [2.45, 2.75) is 49.1 Å². The molecule has 1 N–H and O–H groups in total. The average molecular weight is 288 g/mol. The average Bonchev–Trinajstić information content (AvgIpc) is 2.93. The summed E-state index contributed by atoms with van der Waals surface area (Å²) >= 11 is 1.89. The number of thioether (sulfide) groups is 1. The lowest BCUT2D eigenvalue weighted by Crippen LogP contribution is -2.53. The Hall–Kier alpha value is -0.440. The Morgan fingerprint density at radius 1 is 1.44 bits per heavy atom. The molecule has 4 nitrogen and oxygen atoms in total. The van der Waals surface area contributed by atoms with Crippen LogP contribution in [0.1, 0.15) is 32.1 Å². The van der Waals surface area contributed by atoms with Crippen molar-refractivity contribution in [2.75, 3.05) is 12.3 Å². The Morgan fingerprint density at radius 3 is 2.78 bits per heavy atom. The van der Waals surface area contributed by atoms with Gasteiger partial charge in [-0.1, -0.05) is 0 Å². The van der Waals surface area contributed by atoms with Gasteiger partial charge in [-0.15, -0.1) is 24.2 Å². The van der Waals surface area contributed by atoms with Gasteiger partial charge in [0.1, 0.15) is 6.04 Å². The van der Waals surface area contributed by atoms with Crippen LogP contribution in [0.4, 0.5) is 0 Å². The summed E-state index contributed by atoms with van der Waals surface area (Å²) in [7, 11) is 0. The molecule has 1 spiro atoms. The highest BCUT2D eigenvalue weighted by Crippen LogP contribution is 2.46. The first kappa shape index (κ1) is 14.0. The maximum atomic E-state index is 12.3. The molecule has 0 radical (unpaired) electrons. The van der Waals surface area contributed by atoms with Crippen molar-refractivity contribution in [3.63, 3.8) is 0 Å². The van der Waals surface area contributed by atoms with Crippen LogP contribution in [0.5, 0.6) is 0 Å². The summed E-state index contributed by atoms with van der Waals surface area (Å²) in [5.41, 5.74) is 0. The van der Waals surface area contributed by atoms with Crippen LogP contribution >= 0.6 is 24.2 Å². The maximum absolute atomic E-state index is 12.3. The predicted octanol–water partition coefficient (Wildman–Crippen LogP) is 1.51. The van der Waals surface area contributed by atoms with E-state index in [0.29, 0.717) is 0 Å². The zero-order chi connectivity index (χ0) is 11.9. The van der Waals surface area contributed by atoms with Crippen LogP contribution in [0, 0.1) is 11.3 Å². The second kappa shape index (κ2) is 5.28. The normalized spacial score (nSPS) is 32.7. The molecule has 6 heteroatoms. The summed E-state index contributed by atoms with van der Waals surface area (Å²) in [5, 5.41) is 12.5. The molecule has 2 heterocycles. The second-order valence-corrected chi connectivity index (χ2v) is 6.58. The number of rotatable bonds is 1. The first-order valence-electron chi connectivity index (χ1n) is 6.36. The summed E-state index contributed by atoms with van der Waals surface area (Å²) in [6.45, 7) is 0.757. The third kappa shape index (κ3) is 2.22. The number of nitrogens with one attached hydrogen (secondary N) is 1. The van der Waals surface area contributed by atoms with E-state index in [1.807, 2.05) is 11.8 Å². The lowest BCUT2D eigenvalue weighted by molar-refractivity contribution is -0.133. The molecule has 0 aromatic heterocycles. The number of hydrogen-bond acceptors (Lipinski definition) is 4. The van der Waals surface area contributed by atoms with Crippen molar-refractivity contribution < 1.29 is 4.79 Å². The van der Waals surface area contributed by atoms with Gasteiger partial charge in [-0.2, -0.15) is 5.26 Å². The first-order chi connectivity index (χ1) is 8.24. The van der Waals surface area contributed by atoms with Crippen molar-refractivity contribution in [1.82, 2.24) is 10.2 Å². The van der Waals surface area contributed by atoms with E-state index in [-0.39, 0.29) is 35.3 Å². The van der Waals surface area contributed by atoms with Crippen molar-refractivity contribution in [2.24, 2.45) is 0 Å². The molecule has 18 heavy (non-hydrogen) atoms. The van der Waals surface area contributed by atoms with Gasteiger partial charge in [-0.05, 0) is 32.1 Å². The molecule has 0 aromatic carbocycles. The zero-order valence-electron chi connectivity index (χ0n) is 10.2. The van der Waals surface area contributed by atoms with Crippen molar-refractivity contribution >= 4 is 30.1 Å². The van der Waals surface area contributed by atoms with Crippen molar-refractivity contribution in [3.8, 4) is 6.07 Å². The van der Waals surface area contributed by atoms with E-state index in [1.165, 1.54) is 19.3 Å². The largest absolute Gasteiger partial charge is 0.325 e. The fourth-order valence-electron chi connectivity index (χ4n) is 2.93. The Bertz CT molecular complexity index is 380. The molecule has 1 saturated carbocycles.